The van der Waals surface area contributed by atoms with Crippen LogP contribution in [0.1, 0.15) is 58.1 Å². The molecule has 0 N–H and O–H groups in total. The maximum absolute atomic E-state index is 13.5. The maximum Gasteiger partial charge on any atom is 0.279 e. The van der Waals surface area contributed by atoms with Crippen molar-refractivity contribution in [2.24, 2.45) is 20.0 Å². The Labute approximate surface area is 185 Å². The Kier molecular flexibility index (Phi) is 5.74. The standard InChI is InChI=1S/C22H29N5O3S/c1-12(2)10-16-20-19(21(28)26(6)24-16)18(22(29)27-8-7-9-30-27)17(31-20)11-15-13(3)23-25(5)14(15)4/h12H,7-11H2,1-6H3. The van der Waals surface area contributed by atoms with Crippen LogP contribution in [0.3, 0.4) is 0 Å². The van der Waals surface area contributed by atoms with Gasteiger partial charge >= 0.3 is 0 Å². The fourth-order valence-corrected chi connectivity index (χ4v) is 5.44. The molecule has 0 unspecified atom stereocenters. The van der Waals surface area contributed by atoms with Gasteiger partial charge in [-0.3, -0.25) is 19.1 Å². The van der Waals surface area contributed by atoms with Crippen molar-refractivity contribution in [2.75, 3.05) is 13.2 Å². The first-order chi connectivity index (χ1) is 14.7. The van der Waals surface area contributed by atoms with E-state index in [1.807, 2.05) is 25.6 Å². The molecule has 0 aromatic carbocycles. The van der Waals surface area contributed by atoms with Crippen molar-refractivity contribution in [3.63, 3.8) is 0 Å². The minimum absolute atomic E-state index is 0.239. The van der Waals surface area contributed by atoms with Crippen molar-refractivity contribution in [1.29, 1.82) is 0 Å². The van der Waals surface area contributed by atoms with E-state index in [-0.39, 0.29) is 11.5 Å². The molecule has 0 bridgehead atoms. The molecule has 0 spiro atoms. The van der Waals surface area contributed by atoms with Crippen LogP contribution < -0.4 is 5.56 Å². The average molecular weight is 444 g/mol. The van der Waals surface area contributed by atoms with Gasteiger partial charge in [0.05, 0.1) is 40.2 Å². The lowest BCUT2D eigenvalue weighted by atomic mass is 10.0. The minimum Gasteiger partial charge on any atom is -0.272 e. The Balaban J connectivity index is 1.97. The van der Waals surface area contributed by atoms with E-state index in [0.717, 1.165) is 45.1 Å². The fourth-order valence-electron chi connectivity index (χ4n) is 4.16. The molecule has 8 nitrogen and oxygen atoms in total. The minimum atomic E-state index is -0.243. The van der Waals surface area contributed by atoms with Crippen LogP contribution >= 0.6 is 11.3 Å². The molecule has 1 aliphatic heterocycles. The number of amides is 1. The molecule has 166 valence electrons. The lowest BCUT2D eigenvalue weighted by Crippen LogP contribution is -2.29. The number of rotatable bonds is 5. The zero-order valence-corrected chi connectivity index (χ0v) is 19.8. The predicted octanol–water partition coefficient (Wildman–Crippen LogP) is 2.91. The number of nitrogens with zero attached hydrogens (tertiary/aromatic N) is 5. The third-order valence-corrected chi connectivity index (χ3v) is 7.05. The molecule has 0 aliphatic carbocycles. The van der Waals surface area contributed by atoms with Gasteiger partial charge in [-0.1, -0.05) is 13.8 Å². The van der Waals surface area contributed by atoms with E-state index in [2.05, 4.69) is 24.0 Å². The van der Waals surface area contributed by atoms with Crippen molar-refractivity contribution in [3.05, 3.63) is 43.4 Å². The second-order valence-electron chi connectivity index (χ2n) is 8.62. The summed E-state index contributed by atoms with van der Waals surface area (Å²) in [6, 6.07) is 0. The molecule has 31 heavy (non-hydrogen) atoms. The molecule has 9 heteroatoms. The molecule has 3 aromatic rings. The highest BCUT2D eigenvalue weighted by atomic mass is 32.1. The summed E-state index contributed by atoms with van der Waals surface area (Å²) in [4.78, 5) is 33.1. The van der Waals surface area contributed by atoms with Gasteiger partial charge in [0.1, 0.15) is 0 Å². The van der Waals surface area contributed by atoms with Crippen molar-refractivity contribution in [1.82, 2.24) is 24.6 Å². The van der Waals surface area contributed by atoms with Crippen LogP contribution in [0, 0.1) is 19.8 Å². The first-order valence-electron chi connectivity index (χ1n) is 10.6. The highest BCUT2D eigenvalue weighted by molar-refractivity contribution is 7.19. The second-order valence-corrected chi connectivity index (χ2v) is 9.73. The Hall–Kier alpha value is -2.52. The second kappa shape index (κ2) is 8.20. The van der Waals surface area contributed by atoms with Gasteiger partial charge in [0, 0.05) is 36.7 Å². The zero-order chi connectivity index (χ0) is 22.4. The summed E-state index contributed by atoms with van der Waals surface area (Å²) in [5.41, 5.74) is 4.14. The molecule has 4 heterocycles. The van der Waals surface area contributed by atoms with Crippen molar-refractivity contribution < 1.29 is 9.63 Å². The van der Waals surface area contributed by atoms with Gasteiger partial charge in [-0.05, 0) is 32.6 Å². The highest BCUT2D eigenvalue weighted by Crippen LogP contribution is 2.35. The first-order valence-corrected chi connectivity index (χ1v) is 11.5. The summed E-state index contributed by atoms with van der Waals surface area (Å²) in [7, 11) is 3.57. The molecule has 3 aromatic heterocycles. The van der Waals surface area contributed by atoms with Gasteiger partial charge < -0.3 is 0 Å². The third-order valence-electron chi connectivity index (χ3n) is 5.81. The van der Waals surface area contributed by atoms with E-state index in [1.165, 1.54) is 21.1 Å². The van der Waals surface area contributed by atoms with Gasteiger partial charge in [0.25, 0.3) is 11.5 Å². The third kappa shape index (κ3) is 3.80. The fraction of sp³-hybridized carbons (Fsp3) is 0.545. The van der Waals surface area contributed by atoms with Gasteiger partial charge in [0.2, 0.25) is 0 Å². The Morgan fingerprint density at radius 2 is 1.94 bits per heavy atom. The summed E-state index contributed by atoms with van der Waals surface area (Å²) in [5, 5.41) is 10.9. The number of hydrogen-bond acceptors (Lipinski definition) is 6. The Morgan fingerprint density at radius 1 is 1.19 bits per heavy atom. The SMILES string of the molecule is Cc1nn(C)c(C)c1Cc1sc2c(CC(C)C)nn(C)c(=O)c2c1C(=O)N1CCCO1. The first kappa shape index (κ1) is 21.7. The number of carbonyl (C=O) groups excluding carboxylic acids is 1. The molecule has 4 rings (SSSR count). The van der Waals surface area contributed by atoms with Crippen LogP contribution in [0.5, 0.6) is 0 Å². The monoisotopic (exact) mass is 443 g/mol. The largest absolute Gasteiger partial charge is 0.279 e. The number of carbonyl (C=O) groups is 1. The number of fused-ring (bicyclic) bond motifs is 1. The Morgan fingerprint density at radius 3 is 2.52 bits per heavy atom. The van der Waals surface area contributed by atoms with Gasteiger partial charge in [0.15, 0.2) is 0 Å². The normalized spacial score (nSPS) is 14.4. The smallest absolute Gasteiger partial charge is 0.272 e. The number of hydroxylamine groups is 2. The summed E-state index contributed by atoms with van der Waals surface area (Å²) in [6.45, 7) is 9.30. The maximum atomic E-state index is 13.5. The molecular formula is C22H29N5O3S. The van der Waals surface area contributed by atoms with Crippen LogP contribution in [-0.2, 0) is 31.8 Å². The molecule has 1 fully saturated rings. The summed E-state index contributed by atoms with van der Waals surface area (Å²) >= 11 is 1.51. The number of hydrogen-bond donors (Lipinski definition) is 0. The van der Waals surface area contributed by atoms with Crippen LogP contribution in [0.2, 0.25) is 0 Å². The molecule has 0 atom stereocenters. The van der Waals surface area contributed by atoms with E-state index < -0.39 is 0 Å². The van der Waals surface area contributed by atoms with Crippen LogP contribution in [-0.4, -0.2) is 43.7 Å². The van der Waals surface area contributed by atoms with E-state index in [1.54, 1.807) is 7.05 Å². The van der Waals surface area contributed by atoms with Gasteiger partial charge in [-0.25, -0.2) is 9.75 Å². The number of thiophene rings is 1. The van der Waals surface area contributed by atoms with Crippen molar-refractivity contribution in [3.8, 4) is 0 Å². The van der Waals surface area contributed by atoms with Gasteiger partial charge in [-0.2, -0.15) is 10.2 Å². The van der Waals surface area contributed by atoms with E-state index in [9.17, 15) is 9.59 Å². The van der Waals surface area contributed by atoms with Crippen molar-refractivity contribution >= 4 is 27.3 Å². The summed E-state index contributed by atoms with van der Waals surface area (Å²) in [6.07, 6.45) is 2.08. The highest BCUT2D eigenvalue weighted by Gasteiger charge is 2.31. The van der Waals surface area contributed by atoms with Crippen LogP contribution in [0.25, 0.3) is 10.1 Å². The molecule has 1 amide bonds. The van der Waals surface area contributed by atoms with E-state index in [0.29, 0.717) is 36.4 Å². The van der Waals surface area contributed by atoms with Crippen molar-refractivity contribution in [2.45, 2.75) is 47.0 Å². The Bertz CT molecular complexity index is 1210. The molecule has 1 aliphatic rings. The predicted molar refractivity (Wildman–Crippen MR) is 120 cm³/mol. The van der Waals surface area contributed by atoms with E-state index in [4.69, 9.17) is 4.84 Å². The van der Waals surface area contributed by atoms with Gasteiger partial charge in [-0.15, -0.1) is 11.3 Å². The summed E-state index contributed by atoms with van der Waals surface area (Å²) in [5.74, 6) is 0.138. The lowest BCUT2D eigenvalue weighted by molar-refractivity contribution is -0.0767. The number of aryl methyl sites for hydroxylation is 3. The molecule has 1 saturated heterocycles. The van der Waals surface area contributed by atoms with E-state index >= 15 is 0 Å². The van der Waals surface area contributed by atoms with Crippen LogP contribution in [0.4, 0.5) is 0 Å². The summed E-state index contributed by atoms with van der Waals surface area (Å²) < 4.78 is 4.03. The average Bonchev–Trinajstić information content (AvgIpc) is 3.41. The molecule has 0 radical (unpaired) electrons. The quantitative estimate of drug-likeness (QED) is 0.606. The number of aromatic nitrogens is 4. The van der Waals surface area contributed by atoms with Crippen LogP contribution in [0.15, 0.2) is 4.79 Å². The lowest BCUT2D eigenvalue weighted by Gasteiger charge is -2.15. The topological polar surface area (TPSA) is 82.2 Å². The molecular weight excluding hydrogens is 414 g/mol. The zero-order valence-electron chi connectivity index (χ0n) is 19.0. The molecule has 0 saturated carbocycles.